The molecule has 2 rings (SSSR count). The largest absolute Gasteiger partial charge is 0.379 e. The van der Waals surface area contributed by atoms with Crippen molar-refractivity contribution >= 4 is 5.69 Å². The van der Waals surface area contributed by atoms with E-state index in [1.54, 1.807) is 0 Å². The Labute approximate surface area is 77.8 Å². The summed E-state index contributed by atoms with van der Waals surface area (Å²) in [6, 6.07) is 6.76. The molecule has 13 heavy (non-hydrogen) atoms. The van der Waals surface area contributed by atoms with Gasteiger partial charge in [-0.25, -0.2) is 5.90 Å². The van der Waals surface area contributed by atoms with Crippen molar-refractivity contribution in [3.63, 3.8) is 0 Å². The number of anilines is 1. The third kappa shape index (κ3) is 1.66. The van der Waals surface area contributed by atoms with Gasteiger partial charge in [-0.15, -0.1) is 0 Å². The highest BCUT2D eigenvalue weighted by Crippen LogP contribution is 2.26. The molecular weight excluding hydrogens is 164 g/mol. The zero-order chi connectivity index (χ0) is 9.26. The number of benzene rings is 1. The third-order valence-electron chi connectivity index (χ3n) is 2.38. The van der Waals surface area contributed by atoms with Gasteiger partial charge in [0.15, 0.2) is 0 Å². The molecule has 0 amide bonds. The van der Waals surface area contributed by atoms with E-state index >= 15 is 0 Å². The van der Waals surface area contributed by atoms with Gasteiger partial charge in [0.1, 0.15) is 0 Å². The topological polar surface area (TPSA) is 47.3 Å². The quantitative estimate of drug-likeness (QED) is 0.669. The lowest BCUT2D eigenvalue weighted by Crippen LogP contribution is -2.24. The van der Waals surface area contributed by atoms with E-state index in [9.17, 15) is 0 Å². The molecule has 0 saturated carbocycles. The first-order valence-electron chi connectivity index (χ1n) is 4.47. The van der Waals surface area contributed by atoms with E-state index in [-0.39, 0.29) is 0 Å². The van der Waals surface area contributed by atoms with Gasteiger partial charge in [0.05, 0.1) is 12.6 Å². The molecule has 1 unspecified atom stereocenters. The number of fused-ring (bicyclic) bond motifs is 1. The number of nitrogens with two attached hydrogens (primary N) is 1. The normalized spacial score (nSPS) is 19.7. The van der Waals surface area contributed by atoms with E-state index in [1.807, 2.05) is 0 Å². The van der Waals surface area contributed by atoms with Crippen LogP contribution in [0.5, 0.6) is 0 Å². The molecule has 0 spiro atoms. The lowest BCUT2D eigenvalue weighted by molar-refractivity contribution is 0.129. The Bertz CT molecular complexity index is 312. The Hall–Kier alpha value is -1.06. The van der Waals surface area contributed by atoms with Gasteiger partial charge < -0.3 is 10.2 Å². The van der Waals surface area contributed by atoms with Crippen LogP contribution >= 0.6 is 0 Å². The standard InChI is InChI=1S/C10H14N2O/c1-7-2-3-10-8(4-7)5-9(12-10)6-13-11/h2-4,9,12H,5-6,11H2,1H3. The summed E-state index contributed by atoms with van der Waals surface area (Å²) in [4.78, 5) is 4.62. The zero-order valence-electron chi connectivity index (χ0n) is 7.71. The lowest BCUT2D eigenvalue weighted by Gasteiger charge is -2.07. The van der Waals surface area contributed by atoms with E-state index < -0.39 is 0 Å². The maximum absolute atomic E-state index is 5.03. The number of hydrogen-bond acceptors (Lipinski definition) is 3. The summed E-state index contributed by atoms with van der Waals surface area (Å²) in [6.07, 6.45) is 1.01. The maximum atomic E-state index is 5.03. The zero-order valence-corrected chi connectivity index (χ0v) is 7.71. The summed E-state index contributed by atoms with van der Waals surface area (Å²) in [5, 5.41) is 3.36. The van der Waals surface area contributed by atoms with Crippen LogP contribution in [0.3, 0.4) is 0 Å². The summed E-state index contributed by atoms with van der Waals surface area (Å²) in [7, 11) is 0. The van der Waals surface area contributed by atoms with Gasteiger partial charge in [-0.05, 0) is 25.0 Å². The monoisotopic (exact) mass is 178 g/mol. The first-order chi connectivity index (χ1) is 6.29. The fourth-order valence-electron chi connectivity index (χ4n) is 1.79. The molecule has 3 nitrogen and oxygen atoms in total. The van der Waals surface area contributed by atoms with Gasteiger partial charge in [0.2, 0.25) is 0 Å². The summed E-state index contributed by atoms with van der Waals surface area (Å²) in [6.45, 7) is 2.67. The van der Waals surface area contributed by atoms with Crippen LogP contribution in [0.1, 0.15) is 11.1 Å². The van der Waals surface area contributed by atoms with Crippen molar-refractivity contribution in [2.24, 2.45) is 5.90 Å². The molecule has 0 aromatic heterocycles. The average Bonchev–Trinajstić information content (AvgIpc) is 2.46. The highest BCUT2D eigenvalue weighted by atomic mass is 16.6. The van der Waals surface area contributed by atoms with Crippen molar-refractivity contribution in [1.29, 1.82) is 0 Å². The molecule has 0 fully saturated rings. The molecule has 1 aliphatic heterocycles. The van der Waals surface area contributed by atoms with Gasteiger partial charge >= 0.3 is 0 Å². The first-order valence-corrected chi connectivity index (χ1v) is 4.47. The minimum Gasteiger partial charge on any atom is -0.379 e. The van der Waals surface area contributed by atoms with Crippen LogP contribution < -0.4 is 11.2 Å². The molecule has 1 aliphatic rings. The molecular formula is C10H14N2O. The van der Waals surface area contributed by atoms with Crippen LogP contribution in [0.15, 0.2) is 18.2 Å². The summed E-state index contributed by atoms with van der Waals surface area (Å²) < 4.78 is 0. The molecule has 1 aromatic rings. The lowest BCUT2D eigenvalue weighted by atomic mass is 10.1. The number of nitrogens with one attached hydrogen (secondary N) is 1. The van der Waals surface area contributed by atoms with Crippen LogP contribution in [0.25, 0.3) is 0 Å². The fourth-order valence-corrected chi connectivity index (χ4v) is 1.79. The minimum atomic E-state index is 0.335. The second-order valence-corrected chi connectivity index (χ2v) is 3.54. The van der Waals surface area contributed by atoms with Gasteiger partial charge in [0.25, 0.3) is 0 Å². The molecule has 1 atom stereocenters. The van der Waals surface area contributed by atoms with Gasteiger partial charge in [-0.3, -0.25) is 0 Å². The molecule has 0 radical (unpaired) electrons. The van der Waals surface area contributed by atoms with Crippen LogP contribution in [0.2, 0.25) is 0 Å². The molecule has 1 heterocycles. The molecule has 70 valence electrons. The Morgan fingerprint density at radius 1 is 1.62 bits per heavy atom. The molecule has 3 heteroatoms. The van der Waals surface area contributed by atoms with E-state index in [1.165, 1.54) is 16.8 Å². The van der Waals surface area contributed by atoms with Gasteiger partial charge in [0, 0.05) is 5.69 Å². The van der Waals surface area contributed by atoms with E-state index in [2.05, 4.69) is 35.3 Å². The smallest absolute Gasteiger partial charge is 0.0883 e. The summed E-state index contributed by atoms with van der Waals surface area (Å²) in [5.74, 6) is 5.03. The Balaban J connectivity index is 2.16. The van der Waals surface area contributed by atoms with Gasteiger partial charge in [-0.1, -0.05) is 17.7 Å². The van der Waals surface area contributed by atoms with E-state index in [0.717, 1.165) is 6.42 Å². The summed E-state index contributed by atoms with van der Waals surface area (Å²) >= 11 is 0. The van der Waals surface area contributed by atoms with Crippen molar-refractivity contribution in [3.8, 4) is 0 Å². The highest BCUT2D eigenvalue weighted by molar-refractivity contribution is 5.57. The van der Waals surface area contributed by atoms with Crippen LogP contribution in [-0.4, -0.2) is 12.6 Å². The molecule has 0 bridgehead atoms. The maximum Gasteiger partial charge on any atom is 0.0883 e. The molecule has 0 saturated heterocycles. The average molecular weight is 178 g/mol. The molecule has 0 aliphatic carbocycles. The second kappa shape index (κ2) is 3.36. The number of hydrogen-bond donors (Lipinski definition) is 2. The SMILES string of the molecule is Cc1ccc2c(c1)CC(CON)N2. The predicted molar refractivity (Wildman–Crippen MR) is 52.4 cm³/mol. The van der Waals surface area contributed by atoms with Crippen LogP contribution in [0.4, 0.5) is 5.69 Å². The third-order valence-corrected chi connectivity index (χ3v) is 2.38. The molecule has 1 aromatic carbocycles. The Kier molecular flexibility index (Phi) is 2.20. The highest BCUT2D eigenvalue weighted by Gasteiger charge is 2.19. The second-order valence-electron chi connectivity index (χ2n) is 3.54. The fraction of sp³-hybridized carbons (Fsp3) is 0.400. The number of aryl methyl sites for hydroxylation is 1. The predicted octanol–water partition coefficient (Wildman–Crippen LogP) is 1.22. The van der Waals surface area contributed by atoms with Crippen molar-refractivity contribution in [1.82, 2.24) is 0 Å². The van der Waals surface area contributed by atoms with Crippen LogP contribution in [-0.2, 0) is 11.3 Å². The number of rotatable bonds is 2. The first kappa shape index (κ1) is 8.53. The Morgan fingerprint density at radius 2 is 2.46 bits per heavy atom. The van der Waals surface area contributed by atoms with Crippen molar-refractivity contribution in [2.45, 2.75) is 19.4 Å². The summed E-state index contributed by atoms with van der Waals surface area (Å²) in [5.41, 5.74) is 3.88. The molecule has 3 N–H and O–H groups in total. The van der Waals surface area contributed by atoms with Gasteiger partial charge in [-0.2, -0.15) is 0 Å². The van der Waals surface area contributed by atoms with Crippen molar-refractivity contribution in [2.75, 3.05) is 11.9 Å². The minimum absolute atomic E-state index is 0.335. The van der Waals surface area contributed by atoms with Crippen molar-refractivity contribution in [3.05, 3.63) is 29.3 Å². The van der Waals surface area contributed by atoms with Crippen LogP contribution in [0, 0.1) is 6.92 Å². The van der Waals surface area contributed by atoms with Crippen molar-refractivity contribution < 1.29 is 4.84 Å². The van der Waals surface area contributed by atoms with E-state index in [4.69, 9.17) is 5.90 Å². The Morgan fingerprint density at radius 3 is 3.23 bits per heavy atom. The van der Waals surface area contributed by atoms with E-state index in [0.29, 0.717) is 12.6 Å².